The molecule has 9 heavy (non-hydrogen) atoms. The first-order chi connectivity index (χ1) is 4.12. The predicted octanol–water partition coefficient (Wildman–Crippen LogP) is 3.11. The monoisotopic (exact) mass is 180 g/mol. The van der Waals surface area contributed by atoms with Gasteiger partial charge in [-0.2, -0.15) is 24.2 Å². The molecule has 3 heteroatoms. The Hall–Kier alpha value is 0.917. The average Bonchev–Trinajstić information content (AvgIpc) is 1.64. The summed E-state index contributed by atoms with van der Waals surface area (Å²) in [5.74, 6) is 0. The smallest absolute Gasteiger partial charge is 0.169 e. The summed E-state index contributed by atoms with van der Waals surface area (Å²) >= 11 is 9.10. The van der Waals surface area contributed by atoms with E-state index in [9.17, 15) is 0 Å². The van der Waals surface area contributed by atoms with E-state index in [2.05, 4.69) is 38.0 Å². The molecular formula is C6H16S2Si. The van der Waals surface area contributed by atoms with Crippen LogP contribution in [0.1, 0.15) is 26.7 Å². The van der Waals surface area contributed by atoms with Gasteiger partial charge < -0.3 is 0 Å². The normalized spacial score (nSPS) is 12.0. The Morgan fingerprint density at radius 1 is 1.00 bits per heavy atom. The molecule has 0 rings (SSSR count). The molecule has 0 heterocycles. The summed E-state index contributed by atoms with van der Waals surface area (Å²) in [6.45, 7) is 4.40. The molecule has 0 unspecified atom stereocenters. The van der Waals surface area contributed by atoms with Crippen molar-refractivity contribution in [3.63, 3.8) is 0 Å². The first-order valence-electron chi connectivity index (χ1n) is 3.57. The molecular weight excluding hydrogens is 164 g/mol. The van der Waals surface area contributed by atoms with Crippen molar-refractivity contribution >= 4 is 30.5 Å². The van der Waals surface area contributed by atoms with Gasteiger partial charge in [0.2, 0.25) is 0 Å². The van der Waals surface area contributed by atoms with E-state index < -0.39 is 6.37 Å². The van der Waals surface area contributed by atoms with E-state index in [1.54, 1.807) is 0 Å². The van der Waals surface area contributed by atoms with Crippen molar-refractivity contribution in [1.29, 1.82) is 0 Å². The molecule has 0 saturated heterocycles. The third-order valence-electron chi connectivity index (χ3n) is 1.30. The number of hydrogen-bond donors (Lipinski definition) is 2. The largest absolute Gasteiger partial charge is 0.190 e. The van der Waals surface area contributed by atoms with E-state index in [1.165, 1.54) is 24.9 Å². The lowest BCUT2D eigenvalue weighted by atomic mass is 10.6. The Morgan fingerprint density at radius 3 is 1.56 bits per heavy atom. The molecule has 0 saturated carbocycles. The van der Waals surface area contributed by atoms with Crippen LogP contribution in [0.5, 0.6) is 0 Å². The Kier molecular flexibility index (Phi) is 5.17. The van der Waals surface area contributed by atoms with Crippen LogP contribution < -0.4 is 0 Å². The summed E-state index contributed by atoms with van der Waals surface area (Å²) in [7, 11) is 0. The van der Waals surface area contributed by atoms with E-state index in [1.807, 2.05) is 0 Å². The molecule has 0 aliphatic heterocycles. The molecule has 0 aromatic rings. The molecule has 0 aliphatic rings. The maximum atomic E-state index is 4.55. The average molecular weight is 180 g/mol. The fourth-order valence-electron chi connectivity index (χ4n) is 0.926. The lowest BCUT2D eigenvalue weighted by Crippen LogP contribution is -2.17. The van der Waals surface area contributed by atoms with Crippen molar-refractivity contribution in [1.82, 2.24) is 0 Å². The van der Waals surface area contributed by atoms with Crippen molar-refractivity contribution in [3.05, 3.63) is 0 Å². The van der Waals surface area contributed by atoms with Gasteiger partial charge in [0.15, 0.2) is 6.37 Å². The first kappa shape index (κ1) is 9.92. The second-order valence-electron chi connectivity index (χ2n) is 2.48. The van der Waals surface area contributed by atoms with Crippen LogP contribution >= 0.6 is 24.2 Å². The van der Waals surface area contributed by atoms with Gasteiger partial charge in [-0.3, -0.25) is 0 Å². The molecule has 0 bridgehead atoms. The molecule has 0 atom stereocenters. The maximum Gasteiger partial charge on any atom is 0.169 e. The summed E-state index contributed by atoms with van der Waals surface area (Å²) in [5.41, 5.74) is 0. The molecule has 0 radical (unpaired) electrons. The summed E-state index contributed by atoms with van der Waals surface area (Å²) in [6.07, 6.45) is 1.16. The standard InChI is InChI=1S/C6H16S2Si/c1-3-5-9(7,8)6-4-2/h7-8H,3-6H2,1-2H3. The molecule has 0 N–H and O–H groups in total. The van der Waals surface area contributed by atoms with Crippen LogP contribution in [0.3, 0.4) is 0 Å². The van der Waals surface area contributed by atoms with Crippen LogP contribution in [0.4, 0.5) is 0 Å². The minimum absolute atomic E-state index is 1.24. The van der Waals surface area contributed by atoms with Gasteiger partial charge in [0, 0.05) is 0 Å². The molecule has 0 aromatic carbocycles. The fraction of sp³-hybridized carbons (Fsp3) is 1.00. The van der Waals surface area contributed by atoms with Crippen molar-refractivity contribution in [3.8, 4) is 0 Å². The summed E-state index contributed by atoms with van der Waals surface area (Å²) < 4.78 is 0. The van der Waals surface area contributed by atoms with Gasteiger partial charge in [-0.15, -0.1) is 0 Å². The third kappa shape index (κ3) is 5.37. The van der Waals surface area contributed by atoms with Crippen molar-refractivity contribution in [2.24, 2.45) is 0 Å². The molecule has 0 fully saturated rings. The molecule has 0 aliphatic carbocycles. The zero-order valence-corrected chi connectivity index (χ0v) is 9.01. The molecule has 56 valence electrons. The van der Waals surface area contributed by atoms with Crippen molar-refractivity contribution < 1.29 is 0 Å². The van der Waals surface area contributed by atoms with Crippen LogP contribution in [-0.4, -0.2) is 6.37 Å². The van der Waals surface area contributed by atoms with Gasteiger partial charge >= 0.3 is 0 Å². The molecule has 0 aromatic heterocycles. The van der Waals surface area contributed by atoms with E-state index in [-0.39, 0.29) is 0 Å². The van der Waals surface area contributed by atoms with E-state index in [0.29, 0.717) is 0 Å². The Balaban J connectivity index is 3.43. The molecule has 0 spiro atoms. The maximum absolute atomic E-state index is 4.55. The fourth-order valence-corrected chi connectivity index (χ4v) is 5.46. The molecule has 0 amide bonds. The number of hydrogen-bond acceptors (Lipinski definition) is 2. The highest BCUT2D eigenvalue weighted by atomic mass is 32.5. The number of thiol groups is 2. The van der Waals surface area contributed by atoms with Crippen LogP contribution in [0, 0.1) is 0 Å². The Labute approximate surface area is 69.5 Å². The van der Waals surface area contributed by atoms with Gasteiger partial charge in [-0.1, -0.05) is 26.7 Å². The van der Waals surface area contributed by atoms with Gasteiger partial charge in [-0.05, 0) is 12.1 Å². The highest BCUT2D eigenvalue weighted by Crippen LogP contribution is 2.26. The Morgan fingerprint density at radius 2 is 1.33 bits per heavy atom. The van der Waals surface area contributed by atoms with E-state index in [4.69, 9.17) is 0 Å². The van der Waals surface area contributed by atoms with Crippen molar-refractivity contribution in [2.75, 3.05) is 0 Å². The van der Waals surface area contributed by atoms with E-state index in [0.717, 1.165) is 0 Å². The summed E-state index contributed by atoms with van der Waals surface area (Å²) in [5, 5.41) is 0. The highest BCUT2D eigenvalue weighted by Gasteiger charge is 2.20. The van der Waals surface area contributed by atoms with Gasteiger partial charge in [-0.25, -0.2) is 0 Å². The van der Waals surface area contributed by atoms with Crippen molar-refractivity contribution in [2.45, 2.75) is 38.8 Å². The summed E-state index contributed by atoms with van der Waals surface area (Å²) in [6, 6.07) is 2.49. The van der Waals surface area contributed by atoms with Crippen LogP contribution in [0.2, 0.25) is 12.1 Å². The van der Waals surface area contributed by atoms with Gasteiger partial charge in [0.05, 0.1) is 0 Å². The first-order valence-corrected chi connectivity index (χ1v) is 8.56. The highest BCUT2D eigenvalue weighted by molar-refractivity contribution is 8.45. The lowest BCUT2D eigenvalue weighted by molar-refractivity contribution is 1.02. The van der Waals surface area contributed by atoms with E-state index >= 15 is 0 Å². The number of rotatable bonds is 4. The Bertz CT molecular complexity index is 65.5. The second-order valence-corrected chi connectivity index (χ2v) is 11.6. The van der Waals surface area contributed by atoms with Crippen LogP contribution in [-0.2, 0) is 0 Å². The van der Waals surface area contributed by atoms with Crippen LogP contribution in [0.15, 0.2) is 0 Å². The minimum atomic E-state index is -1.31. The minimum Gasteiger partial charge on any atom is -0.190 e. The van der Waals surface area contributed by atoms with Gasteiger partial charge in [0.1, 0.15) is 0 Å². The predicted molar refractivity (Wildman–Crippen MR) is 53.9 cm³/mol. The van der Waals surface area contributed by atoms with Crippen LogP contribution in [0.25, 0.3) is 0 Å². The lowest BCUT2D eigenvalue weighted by Gasteiger charge is -2.16. The summed E-state index contributed by atoms with van der Waals surface area (Å²) in [4.78, 5) is 0. The third-order valence-corrected chi connectivity index (χ3v) is 6.59. The zero-order chi connectivity index (χ0) is 7.33. The zero-order valence-electron chi connectivity index (χ0n) is 6.22. The quantitative estimate of drug-likeness (QED) is 0.482. The van der Waals surface area contributed by atoms with Gasteiger partial charge in [0.25, 0.3) is 0 Å². The molecule has 0 nitrogen and oxygen atoms in total. The second kappa shape index (κ2) is 4.69. The SMILES string of the molecule is CCC[Si](S)(S)CCC. The topological polar surface area (TPSA) is 0 Å².